The molecule has 0 aromatic heterocycles. The third-order valence-corrected chi connectivity index (χ3v) is 5.69. The summed E-state index contributed by atoms with van der Waals surface area (Å²) in [5, 5.41) is 19.3. The van der Waals surface area contributed by atoms with Gasteiger partial charge in [-0.3, -0.25) is 0 Å². The molecule has 1 spiro atoms. The van der Waals surface area contributed by atoms with Gasteiger partial charge in [-0.1, -0.05) is 66.7 Å². The maximum Gasteiger partial charge on any atom is 0.488 e. The van der Waals surface area contributed by atoms with Crippen molar-refractivity contribution in [1.82, 2.24) is 0 Å². The smallest absolute Gasteiger partial charge is 0.423 e. The van der Waals surface area contributed by atoms with Crippen LogP contribution < -0.4 is 5.46 Å². The van der Waals surface area contributed by atoms with Gasteiger partial charge in [0, 0.05) is 5.41 Å². The number of hydrogen-bond acceptors (Lipinski definition) is 2. The van der Waals surface area contributed by atoms with Crippen LogP contribution in [0.2, 0.25) is 0 Å². The molecule has 2 aliphatic carbocycles. The minimum Gasteiger partial charge on any atom is -0.423 e. The molecular formula is C21H17BO2. The van der Waals surface area contributed by atoms with Gasteiger partial charge in [0.05, 0.1) is 0 Å². The first kappa shape index (κ1) is 14.0. The first-order chi connectivity index (χ1) is 11.7. The predicted octanol–water partition coefficient (Wildman–Crippen LogP) is 2.43. The summed E-state index contributed by atoms with van der Waals surface area (Å²) in [5.41, 5.74) is 8.37. The zero-order valence-electron chi connectivity index (χ0n) is 13.2. The van der Waals surface area contributed by atoms with Crippen LogP contribution in [0.25, 0.3) is 11.1 Å². The molecule has 0 saturated carbocycles. The van der Waals surface area contributed by atoms with Crippen molar-refractivity contribution < 1.29 is 10.0 Å². The molecule has 0 unspecified atom stereocenters. The first-order valence-corrected chi connectivity index (χ1v) is 8.36. The normalized spacial score (nSPS) is 15.9. The van der Waals surface area contributed by atoms with E-state index in [1.54, 1.807) is 0 Å². The van der Waals surface area contributed by atoms with E-state index in [1.807, 2.05) is 18.2 Å². The average molecular weight is 312 g/mol. The molecule has 0 fully saturated rings. The van der Waals surface area contributed by atoms with E-state index < -0.39 is 7.12 Å². The lowest BCUT2D eigenvalue weighted by atomic mass is 9.72. The van der Waals surface area contributed by atoms with Gasteiger partial charge in [0.1, 0.15) is 0 Å². The van der Waals surface area contributed by atoms with Crippen molar-refractivity contribution in [2.24, 2.45) is 0 Å². The minimum atomic E-state index is -1.43. The highest BCUT2D eigenvalue weighted by atomic mass is 16.4. The van der Waals surface area contributed by atoms with Gasteiger partial charge in [-0.25, -0.2) is 0 Å². The van der Waals surface area contributed by atoms with Crippen LogP contribution in [0.1, 0.15) is 22.3 Å². The quantitative estimate of drug-likeness (QED) is 0.678. The van der Waals surface area contributed by atoms with Crippen molar-refractivity contribution >= 4 is 12.6 Å². The summed E-state index contributed by atoms with van der Waals surface area (Å²) < 4.78 is 0. The molecule has 3 heteroatoms. The minimum absolute atomic E-state index is 0.0828. The third-order valence-electron chi connectivity index (χ3n) is 5.69. The summed E-state index contributed by atoms with van der Waals surface area (Å²) >= 11 is 0. The van der Waals surface area contributed by atoms with Crippen molar-refractivity contribution in [2.75, 3.05) is 0 Å². The molecule has 0 bridgehead atoms. The van der Waals surface area contributed by atoms with Crippen LogP contribution >= 0.6 is 0 Å². The van der Waals surface area contributed by atoms with E-state index in [1.165, 1.54) is 33.4 Å². The number of rotatable bonds is 1. The molecule has 0 atom stereocenters. The van der Waals surface area contributed by atoms with Gasteiger partial charge in [0.2, 0.25) is 0 Å². The Balaban J connectivity index is 1.79. The molecule has 0 aliphatic heterocycles. The Morgan fingerprint density at radius 2 is 1.33 bits per heavy atom. The fourth-order valence-corrected chi connectivity index (χ4v) is 4.63. The van der Waals surface area contributed by atoms with Crippen LogP contribution in [0.3, 0.4) is 0 Å². The summed E-state index contributed by atoms with van der Waals surface area (Å²) in [6, 6.07) is 23.1. The van der Waals surface area contributed by atoms with E-state index in [9.17, 15) is 10.0 Å². The summed E-state index contributed by atoms with van der Waals surface area (Å²) in [7, 11) is -1.43. The third kappa shape index (κ3) is 1.74. The summed E-state index contributed by atoms with van der Waals surface area (Å²) in [6.07, 6.45) is 1.94. The topological polar surface area (TPSA) is 40.5 Å². The largest absolute Gasteiger partial charge is 0.488 e. The molecule has 116 valence electrons. The van der Waals surface area contributed by atoms with Crippen LogP contribution in [0, 0.1) is 0 Å². The van der Waals surface area contributed by atoms with Crippen molar-refractivity contribution in [3.8, 4) is 11.1 Å². The van der Waals surface area contributed by atoms with Crippen LogP contribution in [0.15, 0.2) is 66.7 Å². The Kier molecular flexibility index (Phi) is 2.82. The molecular weight excluding hydrogens is 295 g/mol. The molecule has 2 aliphatic rings. The Morgan fingerprint density at radius 1 is 0.708 bits per heavy atom. The predicted molar refractivity (Wildman–Crippen MR) is 96.3 cm³/mol. The molecule has 5 rings (SSSR count). The monoisotopic (exact) mass is 312 g/mol. The van der Waals surface area contributed by atoms with E-state index >= 15 is 0 Å². The molecule has 0 amide bonds. The highest BCUT2D eigenvalue weighted by Crippen LogP contribution is 2.54. The zero-order valence-corrected chi connectivity index (χ0v) is 13.2. The van der Waals surface area contributed by atoms with E-state index in [0.717, 1.165) is 12.8 Å². The number of benzene rings is 3. The van der Waals surface area contributed by atoms with Gasteiger partial charge in [-0.05, 0) is 51.7 Å². The van der Waals surface area contributed by atoms with Gasteiger partial charge in [0.25, 0.3) is 0 Å². The molecule has 3 aromatic rings. The van der Waals surface area contributed by atoms with Crippen LogP contribution in [0.5, 0.6) is 0 Å². The molecule has 2 nitrogen and oxygen atoms in total. The molecule has 0 radical (unpaired) electrons. The van der Waals surface area contributed by atoms with Crippen LogP contribution in [-0.4, -0.2) is 17.2 Å². The number of hydrogen-bond donors (Lipinski definition) is 2. The second kappa shape index (κ2) is 4.82. The van der Waals surface area contributed by atoms with Crippen LogP contribution in [0.4, 0.5) is 0 Å². The van der Waals surface area contributed by atoms with Gasteiger partial charge in [0.15, 0.2) is 0 Å². The van der Waals surface area contributed by atoms with Gasteiger partial charge in [-0.15, -0.1) is 0 Å². The van der Waals surface area contributed by atoms with Crippen molar-refractivity contribution in [2.45, 2.75) is 18.3 Å². The molecule has 2 N–H and O–H groups in total. The number of fused-ring (bicyclic) bond motifs is 6. The van der Waals surface area contributed by atoms with E-state index in [-0.39, 0.29) is 5.41 Å². The van der Waals surface area contributed by atoms with Crippen molar-refractivity contribution in [3.63, 3.8) is 0 Å². The second-order valence-corrected chi connectivity index (χ2v) is 6.93. The Hall–Kier alpha value is -2.36. The Morgan fingerprint density at radius 3 is 2.04 bits per heavy atom. The highest BCUT2D eigenvalue weighted by molar-refractivity contribution is 6.58. The summed E-state index contributed by atoms with van der Waals surface area (Å²) in [6.45, 7) is 0. The van der Waals surface area contributed by atoms with E-state index in [2.05, 4.69) is 48.5 Å². The van der Waals surface area contributed by atoms with Crippen LogP contribution in [-0.2, 0) is 18.3 Å². The average Bonchev–Trinajstić information content (AvgIpc) is 3.12. The second-order valence-electron chi connectivity index (χ2n) is 6.93. The molecule has 3 aromatic carbocycles. The highest BCUT2D eigenvalue weighted by Gasteiger charge is 2.47. The standard InChI is InChI=1S/C21H17BO2/c23-22(24)16-9-10-18-17-7-3-4-8-19(17)21(20(18)11-16)12-14-5-1-2-6-15(14)13-21/h1-11,23-24H,12-13H2. The Bertz CT molecular complexity index is 937. The van der Waals surface area contributed by atoms with E-state index in [0.29, 0.717) is 5.46 Å². The first-order valence-electron chi connectivity index (χ1n) is 8.36. The van der Waals surface area contributed by atoms with Gasteiger partial charge in [-0.2, -0.15) is 0 Å². The SMILES string of the molecule is OB(O)c1ccc2c(c1)C1(Cc3ccccc3C1)c1ccccc1-2. The fraction of sp³-hybridized carbons (Fsp3) is 0.143. The molecule has 0 saturated heterocycles. The lowest BCUT2D eigenvalue weighted by Crippen LogP contribution is -2.33. The maximum atomic E-state index is 9.63. The van der Waals surface area contributed by atoms with E-state index in [4.69, 9.17) is 0 Å². The Labute approximate surface area is 141 Å². The molecule has 0 heterocycles. The molecule has 24 heavy (non-hydrogen) atoms. The zero-order chi connectivity index (χ0) is 16.3. The summed E-state index contributed by atoms with van der Waals surface area (Å²) in [4.78, 5) is 0. The van der Waals surface area contributed by atoms with Crippen molar-refractivity contribution in [1.29, 1.82) is 0 Å². The fourth-order valence-electron chi connectivity index (χ4n) is 4.63. The van der Waals surface area contributed by atoms with Gasteiger partial charge >= 0.3 is 7.12 Å². The lowest BCUT2D eigenvalue weighted by Gasteiger charge is -2.27. The summed E-state index contributed by atoms with van der Waals surface area (Å²) in [5.74, 6) is 0. The lowest BCUT2D eigenvalue weighted by molar-refractivity contribution is 0.425. The van der Waals surface area contributed by atoms with Crippen molar-refractivity contribution in [3.05, 3.63) is 89.0 Å². The maximum absolute atomic E-state index is 9.63. The van der Waals surface area contributed by atoms with Gasteiger partial charge < -0.3 is 10.0 Å².